The summed E-state index contributed by atoms with van der Waals surface area (Å²) in [5, 5.41) is 16.6. The average molecular weight is 497 g/mol. The third kappa shape index (κ3) is 4.90. The molecule has 1 aliphatic heterocycles. The average Bonchev–Trinajstić information content (AvgIpc) is 3.04. The van der Waals surface area contributed by atoms with Gasteiger partial charge in [0.15, 0.2) is 0 Å². The zero-order valence-corrected chi connectivity index (χ0v) is 20.1. The lowest BCUT2D eigenvalue weighted by atomic mass is 9.94. The molecule has 2 aliphatic rings. The Balaban J connectivity index is 1.54. The van der Waals surface area contributed by atoms with Crippen molar-refractivity contribution in [2.45, 2.75) is 52.0 Å². The van der Waals surface area contributed by atoms with Crippen molar-refractivity contribution in [3.8, 4) is 0 Å². The predicted octanol–water partition coefficient (Wildman–Crippen LogP) is 5.03. The molecule has 9 nitrogen and oxygen atoms in total. The van der Waals surface area contributed by atoms with Gasteiger partial charge in [0, 0.05) is 34.6 Å². The highest BCUT2D eigenvalue weighted by Gasteiger charge is 2.42. The van der Waals surface area contributed by atoms with Crippen LogP contribution in [0.15, 0.2) is 47.1 Å². The van der Waals surface area contributed by atoms with Gasteiger partial charge in [-0.25, -0.2) is 0 Å². The van der Waals surface area contributed by atoms with E-state index in [0.29, 0.717) is 11.3 Å². The summed E-state index contributed by atoms with van der Waals surface area (Å²) < 4.78 is 0. The Bertz CT molecular complexity index is 1270. The van der Waals surface area contributed by atoms with Gasteiger partial charge in [-0.3, -0.25) is 29.4 Å². The van der Waals surface area contributed by atoms with Gasteiger partial charge in [-0.15, -0.1) is 0 Å². The Hall–Kier alpha value is -3.72. The number of hydrogen-bond donors (Lipinski definition) is 2. The quantitative estimate of drug-likeness (QED) is 0.328. The second-order valence-electron chi connectivity index (χ2n) is 8.83. The van der Waals surface area contributed by atoms with Crippen molar-refractivity contribution >= 4 is 46.4 Å². The molecule has 1 heterocycles. The normalized spacial score (nSPS) is 16.6. The van der Waals surface area contributed by atoms with Gasteiger partial charge in [-0.1, -0.05) is 43.0 Å². The first kappa shape index (κ1) is 24.4. The molecule has 0 unspecified atom stereocenters. The molecular formula is C25H25ClN4O5. The highest BCUT2D eigenvalue weighted by atomic mass is 35.5. The minimum atomic E-state index is -0.507. The summed E-state index contributed by atoms with van der Waals surface area (Å²) in [5.74, 6) is -1.45. The number of hydrogen-bond acceptors (Lipinski definition) is 6. The lowest BCUT2D eigenvalue weighted by molar-refractivity contribution is -0.385. The van der Waals surface area contributed by atoms with Crippen LogP contribution >= 0.6 is 11.6 Å². The lowest BCUT2D eigenvalue weighted by Gasteiger charge is -2.29. The highest BCUT2D eigenvalue weighted by molar-refractivity contribution is 6.48. The van der Waals surface area contributed by atoms with Crippen LogP contribution in [0.25, 0.3) is 0 Å². The number of benzene rings is 2. The fourth-order valence-electron chi connectivity index (χ4n) is 4.42. The fraction of sp³-hybridized carbons (Fsp3) is 0.320. The van der Waals surface area contributed by atoms with Crippen molar-refractivity contribution in [1.29, 1.82) is 0 Å². The number of halogens is 1. The van der Waals surface area contributed by atoms with Crippen LogP contribution in [0.5, 0.6) is 0 Å². The van der Waals surface area contributed by atoms with E-state index in [1.54, 1.807) is 44.2 Å². The molecule has 4 rings (SSSR count). The van der Waals surface area contributed by atoms with Crippen molar-refractivity contribution in [3.05, 3.63) is 73.9 Å². The number of imide groups is 1. The van der Waals surface area contributed by atoms with E-state index >= 15 is 0 Å². The third-order valence-electron chi connectivity index (χ3n) is 6.42. The SMILES string of the molecule is Cc1ccc(C(=O)Nc2ccc(C)c([N+](=O)[O-])c2)cc1NC1=C(Cl)C(=O)N(C2CCCCC2)C1=O. The second-order valence-corrected chi connectivity index (χ2v) is 9.21. The van der Waals surface area contributed by atoms with Crippen molar-refractivity contribution in [3.63, 3.8) is 0 Å². The molecule has 10 heteroatoms. The van der Waals surface area contributed by atoms with Gasteiger partial charge in [0.25, 0.3) is 23.4 Å². The molecule has 1 saturated carbocycles. The molecule has 2 aromatic carbocycles. The smallest absolute Gasteiger partial charge is 0.279 e. The maximum atomic E-state index is 13.1. The van der Waals surface area contributed by atoms with E-state index in [1.165, 1.54) is 11.0 Å². The molecule has 35 heavy (non-hydrogen) atoms. The summed E-state index contributed by atoms with van der Waals surface area (Å²) in [7, 11) is 0. The first-order valence-electron chi connectivity index (χ1n) is 11.4. The van der Waals surface area contributed by atoms with E-state index in [-0.39, 0.29) is 33.7 Å². The van der Waals surface area contributed by atoms with Crippen LogP contribution in [0.1, 0.15) is 53.6 Å². The van der Waals surface area contributed by atoms with Crippen LogP contribution in [0.4, 0.5) is 17.1 Å². The second kappa shape index (κ2) is 9.87. The van der Waals surface area contributed by atoms with Gasteiger partial charge < -0.3 is 10.6 Å². The molecule has 1 fully saturated rings. The molecule has 0 spiro atoms. The Labute approximate surface area is 207 Å². The van der Waals surface area contributed by atoms with Gasteiger partial charge in [-0.05, 0) is 50.5 Å². The zero-order chi connectivity index (χ0) is 25.3. The summed E-state index contributed by atoms with van der Waals surface area (Å²) in [6.45, 7) is 3.41. The Morgan fingerprint density at radius 1 is 1.03 bits per heavy atom. The monoisotopic (exact) mass is 496 g/mol. The summed E-state index contributed by atoms with van der Waals surface area (Å²) in [4.78, 5) is 50.6. The van der Waals surface area contributed by atoms with Crippen LogP contribution in [0, 0.1) is 24.0 Å². The third-order valence-corrected chi connectivity index (χ3v) is 6.77. The molecule has 2 aromatic rings. The molecule has 182 valence electrons. The fourth-order valence-corrected chi connectivity index (χ4v) is 4.64. The van der Waals surface area contributed by atoms with Gasteiger partial charge in [0.05, 0.1) is 4.92 Å². The molecule has 0 bridgehead atoms. The summed E-state index contributed by atoms with van der Waals surface area (Å²) in [6, 6.07) is 9.13. The zero-order valence-electron chi connectivity index (χ0n) is 19.4. The number of nitro groups is 1. The van der Waals surface area contributed by atoms with Crippen LogP contribution in [-0.2, 0) is 9.59 Å². The first-order valence-corrected chi connectivity index (χ1v) is 11.8. The maximum Gasteiger partial charge on any atom is 0.279 e. The van der Waals surface area contributed by atoms with Crippen LogP contribution in [0.3, 0.4) is 0 Å². The van der Waals surface area contributed by atoms with Crippen molar-refractivity contribution in [2.24, 2.45) is 0 Å². The van der Waals surface area contributed by atoms with Gasteiger partial charge >= 0.3 is 0 Å². The number of carbonyl (C=O) groups excluding carboxylic acids is 3. The van der Waals surface area contributed by atoms with Gasteiger partial charge in [0.2, 0.25) is 0 Å². The Kier molecular flexibility index (Phi) is 6.88. The largest absolute Gasteiger partial charge is 0.349 e. The first-order chi connectivity index (χ1) is 16.7. The Morgan fingerprint density at radius 2 is 1.71 bits per heavy atom. The van der Waals surface area contributed by atoms with E-state index in [1.807, 2.05) is 0 Å². The lowest BCUT2D eigenvalue weighted by Crippen LogP contribution is -2.42. The standard InChI is InChI=1S/C25H25ClN4O5/c1-14-8-10-16(23(31)27-17-11-9-15(2)20(13-17)30(34)35)12-19(14)28-22-21(26)24(32)29(25(22)33)18-6-4-3-5-7-18/h8-13,18,28H,3-7H2,1-2H3,(H,27,31). The van der Waals surface area contributed by atoms with Crippen molar-refractivity contribution in [2.75, 3.05) is 10.6 Å². The molecule has 0 radical (unpaired) electrons. The molecule has 0 atom stereocenters. The topological polar surface area (TPSA) is 122 Å². The molecular weight excluding hydrogens is 472 g/mol. The number of rotatable bonds is 6. The highest BCUT2D eigenvalue weighted by Crippen LogP contribution is 2.33. The van der Waals surface area contributed by atoms with Gasteiger partial charge in [-0.2, -0.15) is 0 Å². The van der Waals surface area contributed by atoms with Crippen LogP contribution in [-0.4, -0.2) is 33.6 Å². The number of amides is 3. The summed E-state index contributed by atoms with van der Waals surface area (Å²) >= 11 is 6.27. The summed E-state index contributed by atoms with van der Waals surface area (Å²) in [5.41, 5.74) is 2.12. The number of carbonyl (C=O) groups is 3. The number of anilines is 2. The van der Waals surface area contributed by atoms with Crippen molar-refractivity contribution < 1.29 is 19.3 Å². The van der Waals surface area contributed by atoms with E-state index in [2.05, 4.69) is 10.6 Å². The van der Waals surface area contributed by atoms with Crippen LogP contribution in [0.2, 0.25) is 0 Å². The number of nitrogens with zero attached hydrogens (tertiary/aromatic N) is 2. The molecule has 0 saturated heterocycles. The van der Waals surface area contributed by atoms with Gasteiger partial charge in [0.1, 0.15) is 10.7 Å². The number of nitrogens with one attached hydrogen (secondary N) is 2. The molecule has 3 amide bonds. The minimum absolute atomic E-state index is 0.00272. The Morgan fingerprint density at radius 3 is 2.40 bits per heavy atom. The molecule has 1 aliphatic carbocycles. The van der Waals surface area contributed by atoms with E-state index < -0.39 is 22.6 Å². The van der Waals surface area contributed by atoms with Crippen molar-refractivity contribution in [1.82, 2.24) is 4.90 Å². The predicted molar refractivity (Wildman–Crippen MR) is 132 cm³/mol. The maximum absolute atomic E-state index is 13.1. The van der Waals surface area contributed by atoms with E-state index in [4.69, 9.17) is 11.6 Å². The number of aryl methyl sites for hydroxylation is 2. The van der Waals surface area contributed by atoms with E-state index in [9.17, 15) is 24.5 Å². The minimum Gasteiger partial charge on any atom is -0.349 e. The number of nitro benzene ring substituents is 1. The molecule has 0 aromatic heterocycles. The molecule has 2 N–H and O–H groups in total. The summed E-state index contributed by atoms with van der Waals surface area (Å²) in [6.07, 6.45) is 4.54. The van der Waals surface area contributed by atoms with E-state index in [0.717, 1.165) is 37.7 Å². The van der Waals surface area contributed by atoms with Crippen LogP contribution < -0.4 is 10.6 Å².